The van der Waals surface area contributed by atoms with Gasteiger partial charge in [0.05, 0.1) is 16.8 Å². The molecule has 3 rings (SSSR count). The zero-order valence-electron chi connectivity index (χ0n) is 18.4. The summed E-state index contributed by atoms with van der Waals surface area (Å²) in [6, 6.07) is 13.0. The molecule has 0 aliphatic carbocycles. The number of benzene rings is 2. The lowest BCUT2D eigenvalue weighted by Gasteiger charge is -2.21. The highest BCUT2D eigenvalue weighted by Crippen LogP contribution is 2.32. The van der Waals surface area contributed by atoms with Gasteiger partial charge in [0.1, 0.15) is 5.75 Å². The van der Waals surface area contributed by atoms with Gasteiger partial charge in [-0.15, -0.1) is 0 Å². The fourth-order valence-electron chi connectivity index (χ4n) is 3.22. The Balaban J connectivity index is 1.78. The number of thiazole rings is 1. The van der Waals surface area contributed by atoms with Crippen LogP contribution in [0.3, 0.4) is 0 Å². The fraction of sp³-hybridized carbons (Fsp3) is 0.417. The van der Waals surface area contributed by atoms with E-state index in [1.807, 2.05) is 56.6 Å². The molecule has 5 nitrogen and oxygen atoms in total. The van der Waals surface area contributed by atoms with Crippen molar-refractivity contribution in [1.29, 1.82) is 0 Å². The molecule has 1 amide bonds. The van der Waals surface area contributed by atoms with Crippen LogP contribution in [0.1, 0.15) is 43.0 Å². The molecule has 0 N–H and O–H groups in total. The number of hydrogen-bond acceptors (Lipinski definition) is 5. The Kier molecular flexibility index (Phi) is 8.69. The van der Waals surface area contributed by atoms with Crippen molar-refractivity contribution in [2.75, 3.05) is 38.7 Å². The van der Waals surface area contributed by atoms with Crippen LogP contribution in [-0.2, 0) is 0 Å². The number of unbranched alkanes of at least 4 members (excludes halogenated alkanes) is 2. The van der Waals surface area contributed by atoms with E-state index in [0.717, 1.165) is 41.8 Å². The minimum Gasteiger partial charge on any atom is -0.494 e. The molecule has 0 bridgehead atoms. The van der Waals surface area contributed by atoms with E-state index in [0.29, 0.717) is 28.9 Å². The van der Waals surface area contributed by atoms with E-state index < -0.39 is 0 Å². The summed E-state index contributed by atoms with van der Waals surface area (Å²) in [6.07, 6.45) is 4.22. The van der Waals surface area contributed by atoms with Gasteiger partial charge in [-0.1, -0.05) is 42.7 Å². The molecule has 0 saturated heterocycles. The maximum absolute atomic E-state index is 13.4. The van der Waals surface area contributed by atoms with Crippen molar-refractivity contribution in [3.63, 3.8) is 0 Å². The van der Waals surface area contributed by atoms with Gasteiger partial charge in [-0.2, -0.15) is 0 Å². The number of hydrogen-bond donors (Lipinski definition) is 0. The lowest BCUT2D eigenvalue weighted by Crippen LogP contribution is -2.33. The molecule has 7 heteroatoms. The first-order valence-corrected chi connectivity index (χ1v) is 11.9. The van der Waals surface area contributed by atoms with E-state index in [4.69, 9.17) is 21.3 Å². The van der Waals surface area contributed by atoms with Crippen LogP contribution in [0.2, 0.25) is 5.02 Å². The second-order valence-corrected chi connectivity index (χ2v) is 9.25. The lowest BCUT2D eigenvalue weighted by molar-refractivity contribution is 0.0986. The highest BCUT2D eigenvalue weighted by atomic mass is 35.5. The largest absolute Gasteiger partial charge is 0.494 e. The van der Waals surface area contributed by atoms with Gasteiger partial charge in [0.25, 0.3) is 5.91 Å². The molecule has 1 aromatic heterocycles. The topological polar surface area (TPSA) is 45.7 Å². The number of carbonyl (C=O) groups excluding carboxylic acids is 1. The van der Waals surface area contributed by atoms with Crippen LogP contribution in [-0.4, -0.2) is 49.6 Å². The molecular weight excluding hydrogens is 430 g/mol. The number of nitrogens with zero attached hydrogens (tertiary/aromatic N) is 3. The predicted octanol–water partition coefficient (Wildman–Crippen LogP) is 6.12. The van der Waals surface area contributed by atoms with Gasteiger partial charge in [-0.3, -0.25) is 9.69 Å². The number of rotatable bonds is 11. The summed E-state index contributed by atoms with van der Waals surface area (Å²) in [5, 5.41) is 1.36. The summed E-state index contributed by atoms with van der Waals surface area (Å²) in [4.78, 5) is 22.0. The average Bonchev–Trinajstić information content (AvgIpc) is 3.17. The number of ether oxygens (including phenoxy) is 1. The predicted molar refractivity (Wildman–Crippen MR) is 131 cm³/mol. The highest BCUT2D eigenvalue weighted by Gasteiger charge is 2.21. The lowest BCUT2D eigenvalue weighted by atomic mass is 10.2. The minimum absolute atomic E-state index is 0.0542. The second-order valence-electron chi connectivity index (χ2n) is 7.80. The minimum atomic E-state index is -0.0542. The summed E-state index contributed by atoms with van der Waals surface area (Å²) in [5.41, 5.74) is 1.48. The van der Waals surface area contributed by atoms with Gasteiger partial charge >= 0.3 is 0 Å². The number of aromatic nitrogens is 1. The SMILES string of the molecule is CCCCCOc1ccc(C(=O)N(CCCN(C)C)c2nc3ccc(Cl)cc3s2)cc1. The molecule has 31 heavy (non-hydrogen) atoms. The van der Waals surface area contributed by atoms with Gasteiger partial charge in [-0.05, 0) is 75.9 Å². The number of amides is 1. The summed E-state index contributed by atoms with van der Waals surface area (Å²) < 4.78 is 6.75. The fourth-order valence-corrected chi connectivity index (χ4v) is 4.49. The van der Waals surface area contributed by atoms with Crippen LogP contribution >= 0.6 is 22.9 Å². The van der Waals surface area contributed by atoms with Crippen LogP contribution in [0, 0.1) is 0 Å². The van der Waals surface area contributed by atoms with Crippen molar-refractivity contribution in [3.8, 4) is 5.75 Å². The summed E-state index contributed by atoms with van der Waals surface area (Å²) in [6.45, 7) is 4.36. The molecule has 1 heterocycles. The molecule has 0 aliphatic rings. The molecule has 0 unspecified atom stereocenters. The van der Waals surface area contributed by atoms with Crippen molar-refractivity contribution < 1.29 is 9.53 Å². The molecule has 0 fully saturated rings. The third kappa shape index (κ3) is 6.66. The number of anilines is 1. The molecule has 166 valence electrons. The van der Waals surface area contributed by atoms with Crippen LogP contribution in [0.4, 0.5) is 5.13 Å². The first kappa shape index (κ1) is 23.5. The Hall–Kier alpha value is -2.15. The van der Waals surface area contributed by atoms with Crippen LogP contribution in [0.15, 0.2) is 42.5 Å². The number of halogens is 1. The molecule has 0 aliphatic heterocycles. The second kappa shape index (κ2) is 11.5. The van der Waals surface area contributed by atoms with E-state index >= 15 is 0 Å². The van der Waals surface area contributed by atoms with Crippen LogP contribution in [0.25, 0.3) is 10.2 Å². The molecule has 2 aromatic carbocycles. The maximum Gasteiger partial charge on any atom is 0.260 e. The number of fused-ring (bicyclic) bond motifs is 1. The summed E-state index contributed by atoms with van der Waals surface area (Å²) >= 11 is 7.63. The highest BCUT2D eigenvalue weighted by molar-refractivity contribution is 7.22. The maximum atomic E-state index is 13.4. The van der Waals surface area contributed by atoms with Gasteiger partial charge in [-0.25, -0.2) is 4.98 Å². The van der Waals surface area contributed by atoms with Crippen LogP contribution < -0.4 is 9.64 Å². The molecular formula is C24H30ClN3O2S. The zero-order chi connectivity index (χ0) is 22.2. The summed E-state index contributed by atoms with van der Waals surface area (Å²) in [5.74, 6) is 0.739. The van der Waals surface area contributed by atoms with E-state index in [1.165, 1.54) is 17.8 Å². The first-order valence-electron chi connectivity index (χ1n) is 10.7. The Labute approximate surface area is 193 Å². The Bertz CT molecular complexity index is 988. The van der Waals surface area contributed by atoms with Gasteiger partial charge in [0, 0.05) is 17.1 Å². The Morgan fingerprint density at radius 2 is 1.84 bits per heavy atom. The van der Waals surface area contributed by atoms with Gasteiger partial charge in [0.2, 0.25) is 0 Å². The van der Waals surface area contributed by atoms with Crippen molar-refractivity contribution in [1.82, 2.24) is 9.88 Å². The van der Waals surface area contributed by atoms with Crippen molar-refractivity contribution in [3.05, 3.63) is 53.1 Å². The molecule has 0 saturated carbocycles. The van der Waals surface area contributed by atoms with E-state index in [-0.39, 0.29) is 5.91 Å². The first-order chi connectivity index (χ1) is 15.0. The van der Waals surface area contributed by atoms with E-state index in [9.17, 15) is 4.79 Å². The average molecular weight is 460 g/mol. The Morgan fingerprint density at radius 3 is 2.55 bits per heavy atom. The Morgan fingerprint density at radius 1 is 1.06 bits per heavy atom. The molecule has 0 atom stereocenters. The smallest absolute Gasteiger partial charge is 0.260 e. The molecule has 3 aromatic rings. The quantitative estimate of drug-likeness (QED) is 0.324. The van der Waals surface area contributed by atoms with Crippen LogP contribution in [0.5, 0.6) is 5.75 Å². The van der Waals surface area contributed by atoms with Crippen molar-refractivity contribution in [2.45, 2.75) is 32.6 Å². The molecule has 0 spiro atoms. The third-order valence-electron chi connectivity index (χ3n) is 4.92. The van der Waals surface area contributed by atoms with Crippen molar-refractivity contribution in [2.24, 2.45) is 0 Å². The van der Waals surface area contributed by atoms with E-state index in [2.05, 4.69) is 11.8 Å². The standard InChI is InChI=1S/C24H30ClN3O2S/c1-4-5-6-16-30-20-11-8-18(9-12-20)23(29)28(15-7-14-27(2)3)24-26-21-13-10-19(25)17-22(21)31-24/h8-13,17H,4-7,14-16H2,1-3H3. The van der Waals surface area contributed by atoms with E-state index in [1.54, 1.807) is 4.90 Å². The molecule has 0 radical (unpaired) electrons. The third-order valence-corrected chi connectivity index (χ3v) is 6.20. The zero-order valence-corrected chi connectivity index (χ0v) is 20.0. The van der Waals surface area contributed by atoms with Gasteiger partial charge in [0.15, 0.2) is 5.13 Å². The summed E-state index contributed by atoms with van der Waals surface area (Å²) in [7, 11) is 4.07. The normalized spacial score (nSPS) is 11.3. The van der Waals surface area contributed by atoms with Gasteiger partial charge < -0.3 is 9.64 Å². The monoisotopic (exact) mass is 459 g/mol. The number of carbonyl (C=O) groups is 1. The van der Waals surface area contributed by atoms with Crippen molar-refractivity contribution >= 4 is 44.2 Å².